The van der Waals surface area contributed by atoms with Crippen LogP contribution in [0.25, 0.3) is 5.69 Å². The number of carbonyl (C=O) groups excluding carboxylic acids is 1. The van der Waals surface area contributed by atoms with Crippen molar-refractivity contribution in [2.45, 2.75) is 20.5 Å². The highest BCUT2D eigenvalue weighted by Gasteiger charge is 2.09. The summed E-state index contributed by atoms with van der Waals surface area (Å²) in [7, 11) is 0. The van der Waals surface area contributed by atoms with Gasteiger partial charge in [-0.25, -0.2) is 4.68 Å². The highest BCUT2D eigenvalue weighted by molar-refractivity contribution is 5.88. The van der Waals surface area contributed by atoms with E-state index < -0.39 is 0 Å². The first-order valence-electron chi connectivity index (χ1n) is 5.52. The van der Waals surface area contributed by atoms with Crippen molar-refractivity contribution in [3.05, 3.63) is 35.7 Å². The largest absolute Gasteiger partial charge is 0.390 e. The average molecular weight is 246 g/mol. The van der Waals surface area contributed by atoms with Gasteiger partial charge in [-0.1, -0.05) is 11.3 Å². The maximum Gasteiger partial charge on any atom is 0.221 e. The summed E-state index contributed by atoms with van der Waals surface area (Å²) in [5.41, 5.74) is 2.80. The number of nitrogens with zero attached hydrogens (tertiary/aromatic N) is 3. The van der Waals surface area contributed by atoms with Crippen molar-refractivity contribution in [2.75, 3.05) is 5.32 Å². The van der Waals surface area contributed by atoms with Gasteiger partial charge in [-0.3, -0.25) is 4.79 Å². The van der Waals surface area contributed by atoms with Gasteiger partial charge < -0.3 is 10.4 Å². The molecule has 0 aliphatic carbocycles. The summed E-state index contributed by atoms with van der Waals surface area (Å²) in [5.74, 6) is -0.126. The van der Waals surface area contributed by atoms with E-state index in [9.17, 15) is 4.79 Å². The SMILES string of the molecule is CC(=O)Nc1cccc(-n2nnc(CO)c2C)c1. The van der Waals surface area contributed by atoms with Gasteiger partial charge in [-0.05, 0) is 25.1 Å². The molecule has 1 aromatic carbocycles. The van der Waals surface area contributed by atoms with E-state index in [2.05, 4.69) is 15.6 Å². The quantitative estimate of drug-likeness (QED) is 0.847. The lowest BCUT2D eigenvalue weighted by molar-refractivity contribution is -0.114. The third-order valence-corrected chi connectivity index (χ3v) is 2.55. The second-order valence-corrected chi connectivity index (χ2v) is 3.92. The van der Waals surface area contributed by atoms with E-state index in [1.54, 1.807) is 16.8 Å². The first-order chi connectivity index (χ1) is 8.61. The van der Waals surface area contributed by atoms with Gasteiger partial charge >= 0.3 is 0 Å². The molecule has 0 unspecified atom stereocenters. The van der Waals surface area contributed by atoms with E-state index in [0.29, 0.717) is 11.4 Å². The Balaban J connectivity index is 2.38. The maximum absolute atomic E-state index is 11.0. The fraction of sp³-hybridized carbons (Fsp3) is 0.250. The Morgan fingerprint density at radius 2 is 2.28 bits per heavy atom. The first-order valence-corrected chi connectivity index (χ1v) is 5.52. The summed E-state index contributed by atoms with van der Waals surface area (Å²) in [6.45, 7) is 3.14. The molecule has 6 heteroatoms. The van der Waals surface area contributed by atoms with Crippen molar-refractivity contribution in [1.29, 1.82) is 0 Å². The molecule has 0 bridgehead atoms. The Labute approximate surface area is 104 Å². The van der Waals surface area contributed by atoms with Crippen LogP contribution in [0.4, 0.5) is 5.69 Å². The molecular formula is C12H14N4O2. The third-order valence-electron chi connectivity index (χ3n) is 2.55. The summed E-state index contributed by atoms with van der Waals surface area (Å²) < 4.78 is 1.62. The van der Waals surface area contributed by atoms with Gasteiger partial charge in [0, 0.05) is 12.6 Å². The molecule has 0 saturated heterocycles. The van der Waals surface area contributed by atoms with E-state index >= 15 is 0 Å². The summed E-state index contributed by atoms with van der Waals surface area (Å²) in [6.07, 6.45) is 0. The molecule has 0 spiro atoms. The predicted octanol–water partition coefficient (Wildman–Crippen LogP) is 1.03. The summed E-state index contributed by atoms with van der Waals surface area (Å²) in [4.78, 5) is 11.0. The Kier molecular flexibility index (Phi) is 3.38. The van der Waals surface area contributed by atoms with Gasteiger partial charge in [-0.2, -0.15) is 0 Å². The van der Waals surface area contributed by atoms with Crippen LogP contribution >= 0.6 is 0 Å². The lowest BCUT2D eigenvalue weighted by Gasteiger charge is -2.06. The first kappa shape index (κ1) is 12.3. The number of carbonyl (C=O) groups is 1. The lowest BCUT2D eigenvalue weighted by Crippen LogP contribution is -2.07. The summed E-state index contributed by atoms with van der Waals surface area (Å²) >= 11 is 0. The van der Waals surface area contributed by atoms with Crippen molar-refractivity contribution in [1.82, 2.24) is 15.0 Å². The molecule has 0 saturated carbocycles. The van der Waals surface area contributed by atoms with Crippen LogP contribution in [0, 0.1) is 6.92 Å². The van der Waals surface area contributed by atoms with Crippen molar-refractivity contribution in [3.63, 3.8) is 0 Å². The number of nitrogens with one attached hydrogen (secondary N) is 1. The molecule has 6 nitrogen and oxygen atoms in total. The van der Waals surface area contributed by atoms with Gasteiger partial charge in [0.05, 0.1) is 18.0 Å². The molecule has 2 aromatic rings. The molecule has 0 radical (unpaired) electrons. The highest BCUT2D eigenvalue weighted by Crippen LogP contribution is 2.16. The molecule has 0 atom stereocenters. The minimum atomic E-state index is -0.142. The van der Waals surface area contributed by atoms with Crippen LogP contribution < -0.4 is 5.32 Å². The van der Waals surface area contributed by atoms with Crippen molar-refractivity contribution < 1.29 is 9.90 Å². The molecule has 0 aliphatic rings. The molecule has 1 amide bonds. The number of hydrogen-bond donors (Lipinski definition) is 2. The number of benzene rings is 1. The van der Waals surface area contributed by atoms with Crippen LogP contribution in [0.2, 0.25) is 0 Å². The Morgan fingerprint density at radius 1 is 1.50 bits per heavy atom. The Morgan fingerprint density at radius 3 is 2.89 bits per heavy atom. The van der Waals surface area contributed by atoms with Crippen molar-refractivity contribution >= 4 is 11.6 Å². The van der Waals surface area contributed by atoms with E-state index in [-0.39, 0.29) is 12.5 Å². The lowest BCUT2D eigenvalue weighted by atomic mass is 10.2. The van der Waals surface area contributed by atoms with Crippen LogP contribution in [0.15, 0.2) is 24.3 Å². The predicted molar refractivity (Wildman–Crippen MR) is 66.3 cm³/mol. The fourth-order valence-electron chi connectivity index (χ4n) is 1.67. The molecule has 1 heterocycles. The van der Waals surface area contributed by atoms with Crippen molar-refractivity contribution in [3.8, 4) is 5.69 Å². The van der Waals surface area contributed by atoms with Crippen LogP contribution in [-0.4, -0.2) is 26.0 Å². The molecule has 18 heavy (non-hydrogen) atoms. The Hall–Kier alpha value is -2.21. The second kappa shape index (κ2) is 4.97. The van der Waals surface area contributed by atoms with Crippen LogP contribution in [0.1, 0.15) is 18.3 Å². The highest BCUT2D eigenvalue weighted by atomic mass is 16.3. The van der Waals surface area contributed by atoms with Gasteiger partial charge in [0.1, 0.15) is 5.69 Å². The molecule has 0 fully saturated rings. The monoisotopic (exact) mass is 246 g/mol. The zero-order valence-corrected chi connectivity index (χ0v) is 10.2. The molecule has 1 aromatic heterocycles. The van der Waals surface area contributed by atoms with Crippen LogP contribution in [-0.2, 0) is 11.4 Å². The molecular weight excluding hydrogens is 232 g/mol. The number of aromatic nitrogens is 3. The number of hydrogen-bond acceptors (Lipinski definition) is 4. The number of aliphatic hydroxyl groups excluding tert-OH is 1. The van der Waals surface area contributed by atoms with E-state index in [1.807, 2.05) is 19.1 Å². The third kappa shape index (κ3) is 2.38. The molecule has 2 N–H and O–H groups in total. The van der Waals surface area contributed by atoms with Gasteiger partial charge in [-0.15, -0.1) is 5.10 Å². The van der Waals surface area contributed by atoms with E-state index in [4.69, 9.17) is 5.11 Å². The van der Waals surface area contributed by atoms with E-state index in [1.165, 1.54) is 6.92 Å². The fourth-order valence-corrected chi connectivity index (χ4v) is 1.67. The van der Waals surface area contributed by atoms with Crippen molar-refractivity contribution in [2.24, 2.45) is 0 Å². The summed E-state index contributed by atoms with van der Waals surface area (Å²) in [6, 6.07) is 7.27. The second-order valence-electron chi connectivity index (χ2n) is 3.92. The zero-order valence-electron chi connectivity index (χ0n) is 10.2. The standard InChI is InChI=1S/C12H14N4O2/c1-8-12(7-17)14-15-16(8)11-5-3-4-10(6-11)13-9(2)18/h3-6,17H,7H2,1-2H3,(H,13,18). The molecule has 0 aliphatic heterocycles. The number of aliphatic hydroxyl groups is 1. The average Bonchev–Trinajstić information content (AvgIpc) is 2.70. The number of rotatable bonds is 3. The topological polar surface area (TPSA) is 80.0 Å². The van der Waals surface area contributed by atoms with Gasteiger partial charge in [0.15, 0.2) is 0 Å². The summed E-state index contributed by atoms with van der Waals surface area (Å²) in [5, 5.41) is 19.6. The number of amides is 1. The normalized spacial score (nSPS) is 10.4. The van der Waals surface area contributed by atoms with Gasteiger partial charge in [0.25, 0.3) is 0 Å². The maximum atomic E-state index is 11.0. The Bertz CT molecular complexity index is 577. The molecule has 94 valence electrons. The van der Waals surface area contributed by atoms with E-state index in [0.717, 1.165) is 11.4 Å². The molecule has 2 rings (SSSR count). The minimum absolute atomic E-state index is 0.126. The minimum Gasteiger partial charge on any atom is -0.390 e. The van der Waals surface area contributed by atoms with Gasteiger partial charge in [0.2, 0.25) is 5.91 Å². The zero-order chi connectivity index (χ0) is 13.1. The smallest absolute Gasteiger partial charge is 0.221 e. The number of anilines is 1. The van der Waals surface area contributed by atoms with Crippen LogP contribution in [0.5, 0.6) is 0 Å². The van der Waals surface area contributed by atoms with Crippen LogP contribution in [0.3, 0.4) is 0 Å².